The van der Waals surface area contributed by atoms with E-state index in [1.54, 1.807) is 24.3 Å². The van der Waals surface area contributed by atoms with Crippen molar-refractivity contribution in [1.82, 2.24) is 10.2 Å². The Hall–Kier alpha value is -3.44. The molecule has 2 amide bonds. The molecule has 12 heteroatoms. The second-order valence-electron chi connectivity index (χ2n) is 8.38. The summed E-state index contributed by atoms with van der Waals surface area (Å²) in [6.45, 7) is 0.126. The number of methoxy groups -OCH3 is 1. The first kappa shape index (κ1) is 24.7. The van der Waals surface area contributed by atoms with Gasteiger partial charge in [0.2, 0.25) is 5.91 Å². The third-order valence-corrected chi connectivity index (χ3v) is 6.43. The van der Waals surface area contributed by atoms with Crippen LogP contribution in [0.4, 0.5) is 32.0 Å². The molecule has 0 aliphatic carbocycles. The Kier molecular flexibility index (Phi) is 6.10. The Morgan fingerprint density at radius 2 is 1.54 bits per heavy atom. The molecule has 2 aliphatic heterocycles. The lowest BCUT2D eigenvalue weighted by Crippen LogP contribution is -2.57. The molecule has 0 atom stereocenters. The molecule has 0 aromatic heterocycles. The van der Waals surface area contributed by atoms with Crippen molar-refractivity contribution in [2.75, 3.05) is 31.8 Å². The Morgan fingerprint density at radius 1 is 0.971 bits per heavy atom. The summed E-state index contributed by atoms with van der Waals surface area (Å²) < 4.78 is 84.6. The minimum Gasteiger partial charge on any atom is -0.495 e. The van der Waals surface area contributed by atoms with Gasteiger partial charge in [-0.3, -0.25) is 9.59 Å². The number of rotatable bonds is 3. The molecular formula is C23H21F6N3O3. The van der Waals surface area contributed by atoms with Crippen molar-refractivity contribution >= 4 is 17.5 Å². The molecule has 2 heterocycles. The third-order valence-electron chi connectivity index (χ3n) is 6.43. The van der Waals surface area contributed by atoms with Gasteiger partial charge in [0, 0.05) is 18.7 Å². The minimum absolute atomic E-state index is 0.0179. The smallest absolute Gasteiger partial charge is 0.416 e. The molecule has 0 bridgehead atoms. The standard InChI is InChI=1S/C23H21F6N3O3/c1-35-18-5-3-2-4-17(18)32-13-30-20(34)21(32)6-8-31(9-7-21)19(33)14-10-15(22(24,25)26)12-16(11-14)23(27,28)29/h2-5,10-12H,6-9,13H2,1H3,(H,30,34). The number of alkyl halides is 6. The zero-order chi connectivity index (χ0) is 25.6. The first-order valence-corrected chi connectivity index (χ1v) is 10.6. The highest BCUT2D eigenvalue weighted by molar-refractivity contribution is 5.97. The molecule has 0 saturated carbocycles. The van der Waals surface area contributed by atoms with Crippen molar-refractivity contribution in [2.24, 2.45) is 0 Å². The van der Waals surface area contributed by atoms with Crippen molar-refractivity contribution in [3.8, 4) is 5.75 Å². The Bertz CT molecular complexity index is 1110. The van der Waals surface area contributed by atoms with Crippen LogP contribution in [0.5, 0.6) is 5.75 Å². The molecule has 1 spiro atoms. The van der Waals surface area contributed by atoms with E-state index >= 15 is 0 Å². The largest absolute Gasteiger partial charge is 0.495 e. The fourth-order valence-corrected chi connectivity index (χ4v) is 4.60. The van der Waals surface area contributed by atoms with Crippen LogP contribution < -0.4 is 15.0 Å². The van der Waals surface area contributed by atoms with Crippen molar-refractivity contribution in [1.29, 1.82) is 0 Å². The SMILES string of the molecule is COc1ccccc1N1CNC(=O)C12CCN(C(=O)c1cc(C(F)(F)F)cc(C(F)(F)F)c1)CC2. The predicted molar refractivity (Wildman–Crippen MR) is 113 cm³/mol. The summed E-state index contributed by atoms with van der Waals surface area (Å²) in [5.74, 6) is -0.696. The lowest BCUT2D eigenvalue weighted by molar-refractivity contribution is -0.143. The van der Waals surface area contributed by atoms with Crippen molar-refractivity contribution in [2.45, 2.75) is 30.7 Å². The van der Waals surface area contributed by atoms with E-state index in [-0.39, 0.29) is 44.6 Å². The van der Waals surface area contributed by atoms with Crippen LogP contribution in [-0.2, 0) is 17.1 Å². The van der Waals surface area contributed by atoms with Crippen LogP contribution in [0.2, 0.25) is 0 Å². The number of halogens is 6. The fourth-order valence-electron chi connectivity index (χ4n) is 4.60. The van der Waals surface area contributed by atoms with Crippen LogP contribution in [0, 0.1) is 0 Å². The Labute approximate surface area is 196 Å². The van der Waals surface area contributed by atoms with E-state index in [0.717, 1.165) is 0 Å². The van der Waals surface area contributed by atoms with E-state index in [1.807, 2.05) is 4.90 Å². The lowest BCUT2D eigenvalue weighted by atomic mass is 9.85. The van der Waals surface area contributed by atoms with Crippen LogP contribution in [-0.4, -0.2) is 49.1 Å². The maximum absolute atomic E-state index is 13.2. The molecule has 0 radical (unpaired) electrons. The number of anilines is 1. The molecule has 4 rings (SSSR count). The summed E-state index contributed by atoms with van der Waals surface area (Å²) in [4.78, 5) is 28.8. The second kappa shape index (κ2) is 8.65. The molecule has 1 N–H and O–H groups in total. The quantitative estimate of drug-likeness (QED) is 0.638. The van der Waals surface area contributed by atoms with Gasteiger partial charge in [0.25, 0.3) is 5.91 Å². The van der Waals surface area contributed by atoms with E-state index in [2.05, 4.69) is 5.32 Å². The van der Waals surface area contributed by atoms with Crippen LogP contribution in [0.25, 0.3) is 0 Å². The highest BCUT2D eigenvalue weighted by Crippen LogP contribution is 2.41. The first-order valence-electron chi connectivity index (χ1n) is 10.6. The van der Waals surface area contributed by atoms with E-state index in [0.29, 0.717) is 23.6 Å². The third kappa shape index (κ3) is 4.48. The molecule has 6 nitrogen and oxygen atoms in total. The zero-order valence-corrected chi connectivity index (χ0v) is 18.5. The highest BCUT2D eigenvalue weighted by Gasteiger charge is 2.51. The van der Waals surface area contributed by atoms with Crippen LogP contribution >= 0.6 is 0 Å². The maximum atomic E-state index is 13.2. The number of carbonyl (C=O) groups is 2. The monoisotopic (exact) mass is 501 g/mol. The van der Waals surface area contributed by atoms with Crippen molar-refractivity contribution < 1.29 is 40.7 Å². The highest BCUT2D eigenvalue weighted by atomic mass is 19.4. The van der Waals surface area contributed by atoms with E-state index < -0.39 is 40.5 Å². The predicted octanol–water partition coefficient (Wildman–Crippen LogP) is 4.30. The fraction of sp³-hybridized carbons (Fsp3) is 0.391. The van der Waals surface area contributed by atoms with Gasteiger partial charge in [-0.1, -0.05) is 12.1 Å². The number of ether oxygens (including phenoxy) is 1. The molecule has 2 aromatic carbocycles. The van der Waals surface area contributed by atoms with Gasteiger partial charge in [-0.2, -0.15) is 26.3 Å². The summed E-state index contributed by atoms with van der Waals surface area (Å²) in [6, 6.07) is 7.88. The number of nitrogens with zero attached hydrogens (tertiary/aromatic N) is 2. The maximum Gasteiger partial charge on any atom is 0.416 e. The molecule has 2 aliphatic rings. The minimum atomic E-state index is -5.06. The topological polar surface area (TPSA) is 61.9 Å². The summed E-state index contributed by atoms with van der Waals surface area (Å²) in [5.41, 5.74) is -4.19. The number of hydrogen-bond acceptors (Lipinski definition) is 4. The Morgan fingerprint density at radius 3 is 2.09 bits per heavy atom. The first-order chi connectivity index (χ1) is 16.4. The van der Waals surface area contributed by atoms with Gasteiger partial charge in [0.1, 0.15) is 11.3 Å². The van der Waals surface area contributed by atoms with Gasteiger partial charge in [-0.15, -0.1) is 0 Å². The summed E-state index contributed by atoms with van der Waals surface area (Å²) in [5, 5.41) is 2.78. The lowest BCUT2D eigenvalue weighted by Gasteiger charge is -2.43. The molecule has 188 valence electrons. The number of para-hydroxylation sites is 2. The van der Waals surface area contributed by atoms with Gasteiger partial charge in [0.15, 0.2) is 0 Å². The average molecular weight is 501 g/mol. The zero-order valence-electron chi connectivity index (χ0n) is 18.5. The van der Waals surface area contributed by atoms with Gasteiger partial charge in [-0.05, 0) is 43.2 Å². The molecule has 35 heavy (non-hydrogen) atoms. The number of carbonyl (C=O) groups excluding carboxylic acids is 2. The molecule has 2 saturated heterocycles. The van der Waals surface area contributed by atoms with Gasteiger partial charge < -0.3 is 19.9 Å². The average Bonchev–Trinajstić information content (AvgIpc) is 3.12. The number of hydrogen-bond donors (Lipinski definition) is 1. The van der Waals surface area contributed by atoms with Crippen molar-refractivity contribution in [3.63, 3.8) is 0 Å². The second-order valence-corrected chi connectivity index (χ2v) is 8.38. The summed E-state index contributed by atoms with van der Waals surface area (Å²) >= 11 is 0. The number of nitrogens with one attached hydrogen (secondary N) is 1. The number of amides is 2. The summed E-state index contributed by atoms with van der Waals surface area (Å²) in [7, 11) is 1.49. The van der Waals surface area contributed by atoms with Crippen molar-refractivity contribution in [3.05, 3.63) is 59.2 Å². The van der Waals surface area contributed by atoms with Gasteiger partial charge in [0.05, 0.1) is 30.6 Å². The van der Waals surface area contributed by atoms with Gasteiger partial charge in [-0.25, -0.2) is 0 Å². The van der Waals surface area contributed by atoms with E-state index in [4.69, 9.17) is 4.74 Å². The molecule has 2 fully saturated rings. The number of benzene rings is 2. The summed E-state index contributed by atoms with van der Waals surface area (Å²) in [6.07, 6.45) is -9.85. The molecule has 2 aromatic rings. The normalized spacial score (nSPS) is 18.1. The number of piperidine rings is 1. The molecular weight excluding hydrogens is 480 g/mol. The molecule has 0 unspecified atom stereocenters. The van der Waals surface area contributed by atoms with Gasteiger partial charge >= 0.3 is 12.4 Å². The van der Waals surface area contributed by atoms with Crippen LogP contribution in [0.3, 0.4) is 0 Å². The Balaban J connectivity index is 1.60. The number of likely N-dealkylation sites (tertiary alicyclic amines) is 1. The van der Waals surface area contributed by atoms with E-state index in [9.17, 15) is 35.9 Å². The van der Waals surface area contributed by atoms with Crippen LogP contribution in [0.1, 0.15) is 34.3 Å². The van der Waals surface area contributed by atoms with E-state index in [1.165, 1.54) is 12.0 Å². The van der Waals surface area contributed by atoms with Crippen LogP contribution in [0.15, 0.2) is 42.5 Å².